The zero-order chi connectivity index (χ0) is 22.3. The number of aromatic nitrogens is 7. The van der Waals surface area contributed by atoms with Crippen molar-refractivity contribution < 1.29 is 9.90 Å². The number of nitrogens with one attached hydrogen (secondary N) is 1. The monoisotopic (exact) mass is 431 g/mol. The van der Waals surface area contributed by atoms with Crippen LogP contribution in [0.1, 0.15) is 12.1 Å². The summed E-state index contributed by atoms with van der Waals surface area (Å²) in [6.07, 6.45) is 6.95. The predicted molar refractivity (Wildman–Crippen MR) is 115 cm³/mol. The van der Waals surface area contributed by atoms with Crippen molar-refractivity contribution in [3.8, 4) is 17.2 Å². The summed E-state index contributed by atoms with van der Waals surface area (Å²) in [6.45, 7) is 0.485. The summed E-state index contributed by atoms with van der Waals surface area (Å²) < 4.78 is 3.36. The highest BCUT2D eigenvalue weighted by atomic mass is 16.3. The van der Waals surface area contributed by atoms with Crippen LogP contribution in [0.3, 0.4) is 0 Å². The van der Waals surface area contributed by atoms with Gasteiger partial charge in [-0.25, -0.2) is 19.9 Å². The van der Waals surface area contributed by atoms with E-state index in [1.54, 1.807) is 41.1 Å². The molecular formula is C21H21N9O2. The number of amides is 1. The molecule has 1 saturated heterocycles. The van der Waals surface area contributed by atoms with Crippen molar-refractivity contribution in [3.05, 3.63) is 60.9 Å². The van der Waals surface area contributed by atoms with E-state index in [4.69, 9.17) is 0 Å². The Bertz CT molecular complexity index is 1300. The SMILES string of the molecule is CN1CC[C@@](O)(c2cn(-c3cccc(-c4ccnc(Nc5ccn(C)n5)n4)n3)cn2)C1=O. The van der Waals surface area contributed by atoms with Gasteiger partial charge in [-0.05, 0) is 18.2 Å². The quantitative estimate of drug-likeness (QED) is 0.483. The molecule has 11 heteroatoms. The van der Waals surface area contributed by atoms with Crippen molar-refractivity contribution in [2.75, 3.05) is 18.9 Å². The summed E-state index contributed by atoms with van der Waals surface area (Å²) in [6, 6.07) is 9.11. The number of hydrogen-bond donors (Lipinski definition) is 2. The van der Waals surface area contributed by atoms with Crippen LogP contribution in [-0.4, -0.2) is 63.8 Å². The maximum atomic E-state index is 12.4. The maximum absolute atomic E-state index is 12.4. The molecule has 1 aliphatic heterocycles. The second kappa shape index (κ2) is 7.54. The standard InChI is InChI=1S/C21H21N9O2/c1-28-11-8-21(32,19(28)31)16-12-30(13-23-16)18-5-3-4-14(24-18)15-6-9-22-20(25-15)26-17-7-10-29(2)27-17/h3-7,9-10,12-13,32H,8,11H2,1-2H3,(H,22,25,26,27)/t21-/m1/s1. The Morgan fingerprint density at radius 2 is 1.94 bits per heavy atom. The first kappa shape index (κ1) is 19.8. The van der Waals surface area contributed by atoms with E-state index in [1.165, 1.54) is 4.90 Å². The number of likely N-dealkylation sites (tertiary alicyclic amines) is 1. The number of carbonyl (C=O) groups excluding carboxylic acids is 1. The van der Waals surface area contributed by atoms with Crippen LogP contribution in [0.25, 0.3) is 17.2 Å². The molecular weight excluding hydrogens is 410 g/mol. The molecule has 32 heavy (non-hydrogen) atoms. The largest absolute Gasteiger partial charge is 0.374 e. The number of carbonyl (C=O) groups is 1. The lowest BCUT2D eigenvalue weighted by Crippen LogP contribution is -2.36. The molecule has 0 saturated carbocycles. The highest BCUT2D eigenvalue weighted by Crippen LogP contribution is 2.31. The maximum Gasteiger partial charge on any atom is 0.260 e. The van der Waals surface area contributed by atoms with E-state index in [-0.39, 0.29) is 5.91 Å². The molecule has 162 valence electrons. The minimum atomic E-state index is -1.60. The van der Waals surface area contributed by atoms with Crippen LogP contribution in [0, 0.1) is 0 Å². The molecule has 11 nitrogen and oxygen atoms in total. The number of aryl methyl sites for hydroxylation is 1. The van der Waals surface area contributed by atoms with E-state index < -0.39 is 5.60 Å². The normalized spacial score (nSPS) is 18.3. The van der Waals surface area contributed by atoms with Gasteiger partial charge in [0.2, 0.25) is 5.95 Å². The molecule has 0 aromatic carbocycles. The van der Waals surface area contributed by atoms with Crippen LogP contribution >= 0.6 is 0 Å². The summed E-state index contributed by atoms with van der Waals surface area (Å²) >= 11 is 0. The Morgan fingerprint density at radius 3 is 2.69 bits per heavy atom. The van der Waals surface area contributed by atoms with E-state index in [1.807, 2.05) is 37.5 Å². The first-order chi connectivity index (χ1) is 15.4. The molecule has 1 amide bonds. The lowest BCUT2D eigenvalue weighted by atomic mass is 9.99. The van der Waals surface area contributed by atoms with E-state index in [0.717, 1.165) is 0 Å². The summed E-state index contributed by atoms with van der Waals surface area (Å²) in [7, 11) is 3.50. The molecule has 4 aromatic heterocycles. The second-order valence-corrected chi connectivity index (χ2v) is 7.65. The Labute approximate surface area is 183 Å². The number of imidazole rings is 1. The number of pyridine rings is 1. The summed E-state index contributed by atoms with van der Waals surface area (Å²) in [5.74, 6) is 1.28. The number of anilines is 2. The summed E-state index contributed by atoms with van der Waals surface area (Å²) in [5.41, 5.74) is -0.0227. The van der Waals surface area contributed by atoms with Gasteiger partial charge in [-0.3, -0.25) is 14.0 Å². The van der Waals surface area contributed by atoms with Crippen LogP contribution in [0.5, 0.6) is 0 Å². The van der Waals surface area contributed by atoms with Gasteiger partial charge in [0.1, 0.15) is 17.8 Å². The second-order valence-electron chi connectivity index (χ2n) is 7.65. The topological polar surface area (TPSA) is 127 Å². The molecule has 0 spiro atoms. The molecule has 1 atom stereocenters. The first-order valence-corrected chi connectivity index (χ1v) is 10.0. The molecule has 5 heterocycles. The molecule has 4 aromatic rings. The summed E-state index contributed by atoms with van der Waals surface area (Å²) in [5, 5.41) is 18.2. The fourth-order valence-electron chi connectivity index (χ4n) is 3.62. The fraction of sp³-hybridized carbons (Fsp3) is 0.238. The number of aliphatic hydroxyl groups is 1. The van der Waals surface area contributed by atoms with Crippen molar-refractivity contribution in [1.82, 2.24) is 39.2 Å². The van der Waals surface area contributed by atoms with E-state index in [9.17, 15) is 9.90 Å². The Hall–Kier alpha value is -4.12. The van der Waals surface area contributed by atoms with Gasteiger partial charge in [0, 0.05) is 51.7 Å². The van der Waals surface area contributed by atoms with Gasteiger partial charge in [0.25, 0.3) is 5.91 Å². The van der Waals surface area contributed by atoms with Crippen LogP contribution < -0.4 is 5.32 Å². The molecule has 2 N–H and O–H groups in total. The van der Waals surface area contributed by atoms with Crippen molar-refractivity contribution in [2.45, 2.75) is 12.0 Å². The van der Waals surface area contributed by atoms with Crippen LogP contribution in [-0.2, 0) is 17.4 Å². The number of rotatable bonds is 5. The lowest BCUT2D eigenvalue weighted by molar-refractivity contribution is -0.143. The zero-order valence-corrected chi connectivity index (χ0v) is 17.5. The van der Waals surface area contributed by atoms with Crippen LogP contribution in [0.4, 0.5) is 11.8 Å². The number of nitrogens with zero attached hydrogens (tertiary/aromatic N) is 8. The lowest BCUT2D eigenvalue weighted by Gasteiger charge is -2.17. The zero-order valence-electron chi connectivity index (χ0n) is 17.5. The molecule has 1 aliphatic rings. The first-order valence-electron chi connectivity index (χ1n) is 10.0. The van der Waals surface area contributed by atoms with Gasteiger partial charge >= 0.3 is 0 Å². The molecule has 0 bridgehead atoms. The fourth-order valence-corrected chi connectivity index (χ4v) is 3.62. The smallest absolute Gasteiger partial charge is 0.260 e. The van der Waals surface area contributed by atoms with E-state index >= 15 is 0 Å². The van der Waals surface area contributed by atoms with Gasteiger partial charge in [-0.2, -0.15) is 5.10 Å². The van der Waals surface area contributed by atoms with Crippen LogP contribution in [0.15, 0.2) is 55.2 Å². The van der Waals surface area contributed by atoms with Gasteiger partial charge in [-0.15, -0.1) is 0 Å². The highest BCUT2D eigenvalue weighted by molar-refractivity contribution is 5.87. The van der Waals surface area contributed by atoms with Crippen molar-refractivity contribution >= 4 is 17.7 Å². The van der Waals surface area contributed by atoms with Crippen molar-refractivity contribution in [2.24, 2.45) is 7.05 Å². The van der Waals surface area contributed by atoms with Crippen LogP contribution in [0.2, 0.25) is 0 Å². The third kappa shape index (κ3) is 3.48. The highest BCUT2D eigenvalue weighted by Gasteiger charge is 2.46. The Balaban J connectivity index is 1.42. The third-order valence-corrected chi connectivity index (χ3v) is 5.39. The predicted octanol–water partition coefficient (Wildman–Crippen LogP) is 1.25. The third-order valence-electron chi connectivity index (χ3n) is 5.39. The van der Waals surface area contributed by atoms with E-state index in [2.05, 4.69) is 30.4 Å². The molecule has 5 rings (SSSR count). The molecule has 1 fully saturated rings. The molecule has 0 radical (unpaired) electrons. The molecule has 0 unspecified atom stereocenters. The van der Waals surface area contributed by atoms with Gasteiger partial charge in [0.05, 0.1) is 11.4 Å². The van der Waals surface area contributed by atoms with Gasteiger partial charge in [-0.1, -0.05) is 6.07 Å². The van der Waals surface area contributed by atoms with Crippen molar-refractivity contribution in [1.29, 1.82) is 0 Å². The Kier molecular flexibility index (Phi) is 4.67. The minimum Gasteiger partial charge on any atom is -0.374 e. The van der Waals surface area contributed by atoms with Crippen molar-refractivity contribution in [3.63, 3.8) is 0 Å². The number of likely N-dealkylation sites (N-methyl/N-ethyl adjacent to an activating group) is 1. The minimum absolute atomic E-state index is 0.305. The van der Waals surface area contributed by atoms with E-state index in [0.29, 0.717) is 47.6 Å². The van der Waals surface area contributed by atoms with Gasteiger partial charge < -0.3 is 15.3 Å². The summed E-state index contributed by atoms with van der Waals surface area (Å²) in [4.78, 5) is 31.6. The van der Waals surface area contributed by atoms with Gasteiger partial charge in [0.15, 0.2) is 11.4 Å². The average molecular weight is 431 g/mol. The average Bonchev–Trinajstić information content (AvgIpc) is 3.52. The number of hydrogen-bond acceptors (Lipinski definition) is 8. The Morgan fingerprint density at radius 1 is 1.09 bits per heavy atom. The molecule has 0 aliphatic carbocycles.